The van der Waals surface area contributed by atoms with Crippen LogP contribution in [0.4, 0.5) is 11.4 Å². The van der Waals surface area contributed by atoms with Gasteiger partial charge in [-0.05, 0) is 85.6 Å². The maximum atomic E-state index is 13.1. The summed E-state index contributed by atoms with van der Waals surface area (Å²) < 4.78 is 60.3. The molecule has 1 amide bonds. The van der Waals surface area contributed by atoms with Gasteiger partial charge in [-0.25, -0.2) is 16.8 Å². The number of anilines is 2. The molecule has 37 heavy (non-hydrogen) atoms. The Bertz CT molecular complexity index is 1460. The molecule has 12 heteroatoms. The van der Waals surface area contributed by atoms with E-state index in [0.29, 0.717) is 41.5 Å². The maximum absolute atomic E-state index is 13.1. The minimum atomic E-state index is -3.83. The molecule has 2 N–H and O–H groups in total. The lowest BCUT2D eigenvalue weighted by atomic mass is 9.99. The molecule has 1 atom stereocenters. The summed E-state index contributed by atoms with van der Waals surface area (Å²) in [6, 6.07) is 18.1. The van der Waals surface area contributed by atoms with Crippen LogP contribution in [0.2, 0.25) is 5.02 Å². The molecule has 3 aromatic carbocycles. The second kappa shape index (κ2) is 11.1. The summed E-state index contributed by atoms with van der Waals surface area (Å²) in [5.74, 6) is -0.323. The zero-order valence-corrected chi connectivity index (χ0v) is 22.3. The zero-order valence-electron chi connectivity index (χ0n) is 19.9. The molecule has 1 saturated heterocycles. The molecule has 196 valence electrons. The van der Waals surface area contributed by atoms with Crippen molar-refractivity contribution in [3.63, 3.8) is 0 Å². The zero-order chi connectivity index (χ0) is 26.6. The Balaban J connectivity index is 1.40. The highest BCUT2D eigenvalue weighted by Gasteiger charge is 2.33. The Labute approximate surface area is 221 Å². The summed E-state index contributed by atoms with van der Waals surface area (Å²) in [5.41, 5.74) is 0.777. The highest BCUT2D eigenvalue weighted by atomic mass is 35.5. The van der Waals surface area contributed by atoms with Crippen LogP contribution < -0.4 is 14.8 Å². The van der Waals surface area contributed by atoms with E-state index < -0.39 is 26.0 Å². The van der Waals surface area contributed by atoms with Crippen LogP contribution in [-0.4, -0.2) is 47.2 Å². The number of rotatable bonds is 8. The number of hydrogen-bond donors (Lipinski definition) is 2. The molecular weight excluding hydrogens is 538 g/mol. The Kier molecular flexibility index (Phi) is 8.08. The Morgan fingerprint density at radius 3 is 2.11 bits per heavy atom. The summed E-state index contributed by atoms with van der Waals surface area (Å²) in [7, 11) is -6.09. The fourth-order valence-corrected chi connectivity index (χ4v) is 6.67. The van der Waals surface area contributed by atoms with E-state index in [0.717, 1.165) is 0 Å². The van der Waals surface area contributed by atoms with Crippen LogP contribution in [0.25, 0.3) is 0 Å². The minimum absolute atomic E-state index is 0.0230. The molecule has 0 bridgehead atoms. The normalized spacial score (nSPS) is 16.6. The number of nitrogens with one attached hydrogen (secondary N) is 2. The smallest absolute Gasteiger partial charge is 0.261 e. The molecule has 9 nitrogen and oxygen atoms in total. The van der Waals surface area contributed by atoms with Crippen LogP contribution >= 0.6 is 11.6 Å². The van der Waals surface area contributed by atoms with Gasteiger partial charge in [0.15, 0.2) is 0 Å². The monoisotopic (exact) mass is 563 g/mol. The molecule has 3 aromatic rings. The number of ether oxygens (including phenoxy) is 1. The minimum Gasteiger partial charge on any atom is -0.497 e. The third kappa shape index (κ3) is 6.42. The highest BCUT2D eigenvalue weighted by Crippen LogP contribution is 2.26. The lowest BCUT2D eigenvalue weighted by molar-refractivity contribution is -0.120. The van der Waals surface area contributed by atoms with Crippen LogP contribution in [-0.2, 0) is 24.8 Å². The van der Waals surface area contributed by atoms with Gasteiger partial charge in [-0.3, -0.25) is 9.52 Å². The molecule has 1 unspecified atom stereocenters. The maximum Gasteiger partial charge on any atom is 0.261 e. The Morgan fingerprint density at radius 1 is 0.892 bits per heavy atom. The van der Waals surface area contributed by atoms with Crippen molar-refractivity contribution in [2.45, 2.75) is 22.6 Å². The summed E-state index contributed by atoms with van der Waals surface area (Å²) in [5, 5.41) is 3.25. The van der Waals surface area contributed by atoms with Crippen molar-refractivity contribution in [3.05, 3.63) is 77.8 Å². The number of hydrogen-bond acceptors (Lipinski definition) is 6. The van der Waals surface area contributed by atoms with Gasteiger partial charge < -0.3 is 10.1 Å². The van der Waals surface area contributed by atoms with Gasteiger partial charge in [0, 0.05) is 29.5 Å². The predicted molar refractivity (Wildman–Crippen MR) is 142 cm³/mol. The van der Waals surface area contributed by atoms with Crippen molar-refractivity contribution < 1.29 is 26.4 Å². The highest BCUT2D eigenvalue weighted by molar-refractivity contribution is 7.92. The van der Waals surface area contributed by atoms with Crippen molar-refractivity contribution in [1.82, 2.24) is 4.31 Å². The largest absolute Gasteiger partial charge is 0.497 e. The second-order valence-corrected chi connectivity index (χ2v) is 12.6. The van der Waals surface area contributed by atoms with E-state index >= 15 is 0 Å². The van der Waals surface area contributed by atoms with Gasteiger partial charge in [-0.15, -0.1) is 0 Å². The number of benzene rings is 3. The molecule has 0 spiro atoms. The standard InChI is InChI=1S/C25H26ClN3O6S2/c1-35-22-10-14-24(15-11-22)37(33,34)29-16-2-3-18(17-29)25(30)27-20-8-12-23(13-9-20)36(31,32)28-21-6-4-19(26)5-7-21/h4-15,18,28H,2-3,16-17H2,1H3,(H,27,30). The molecule has 1 aliphatic rings. The van der Waals surface area contributed by atoms with Crippen molar-refractivity contribution in [3.8, 4) is 5.75 Å². The number of sulfonamides is 2. The fraction of sp³-hybridized carbons (Fsp3) is 0.240. The summed E-state index contributed by atoms with van der Waals surface area (Å²) in [4.78, 5) is 13.1. The first-order valence-corrected chi connectivity index (χ1v) is 14.7. The quantitative estimate of drug-likeness (QED) is 0.424. The lowest BCUT2D eigenvalue weighted by Crippen LogP contribution is -2.43. The first-order valence-electron chi connectivity index (χ1n) is 11.4. The van der Waals surface area contributed by atoms with Gasteiger partial charge in [0.2, 0.25) is 15.9 Å². The van der Waals surface area contributed by atoms with Gasteiger partial charge in [0.1, 0.15) is 5.75 Å². The van der Waals surface area contributed by atoms with E-state index in [1.165, 1.54) is 47.8 Å². The number of halogens is 1. The summed E-state index contributed by atoms with van der Waals surface area (Å²) in [6.07, 6.45) is 1.08. The SMILES string of the molecule is COc1ccc(S(=O)(=O)N2CCCC(C(=O)Nc3ccc(S(=O)(=O)Nc4ccc(Cl)cc4)cc3)C2)cc1. The molecule has 0 aromatic heterocycles. The molecule has 0 saturated carbocycles. The number of piperidine rings is 1. The van der Waals surface area contributed by atoms with Crippen molar-refractivity contribution in [2.24, 2.45) is 5.92 Å². The summed E-state index contributed by atoms with van der Waals surface area (Å²) >= 11 is 5.84. The molecule has 1 heterocycles. The topological polar surface area (TPSA) is 122 Å². The Hall–Kier alpha value is -3.12. The molecule has 1 aliphatic heterocycles. The predicted octanol–water partition coefficient (Wildman–Crippen LogP) is 4.19. The van der Waals surface area contributed by atoms with Crippen molar-refractivity contribution in [2.75, 3.05) is 30.2 Å². The summed E-state index contributed by atoms with van der Waals surface area (Å²) in [6.45, 7) is 0.378. The Morgan fingerprint density at radius 2 is 1.49 bits per heavy atom. The number of carbonyl (C=O) groups excluding carboxylic acids is 1. The van der Waals surface area contributed by atoms with E-state index in [2.05, 4.69) is 10.0 Å². The van der Waals surface area contributed by atoms with Gasteiger partial charge in [0.05, 0.1) is 22.8 Å². The number of carbonyl (C=O) groups is 1. The second-order valence-electron chi connectivity index (χ2n) is 8.50. The first-order chi connectivity index (χ1) is 17.6. The number of methoxy groups -OCH3 is 1. The van der Waals surface area contributed by atoms with E-state index in [9.17, 15) is 21.6 Å². The van der Waals surface area contributed by atoms with Crippen molar-refractivity contribution >= 4 is 48.9 Å². The molecule has 0 aliphatic carbocycles. The average molecular weight is 564 g/mol. The first kappa shape index (κ1) is 26.9. The molecule has 4 rings (SSSR count). The van der Waals surface area contributed by atoms with Crippen LogP contribution in [0.1, 0.15) is 12.8 Å². The van der Waals surface area contributed by atoms with E-state index in [-0.39, 0.29) is 22.2 Å². The number of amides is 1. The van der Waals surface area contributed by atoms with E-state index in [4.69, 9.17) is 16.3 Å². The van der Waals surface area contributed by atoms with Gasteiger partial charge in [-0.1, -0.05) is 11.6 Å². The molecule has 1 fully saturated rings. The third-order valence-electron chi connectivity index (χ3n) is 5.98. The average Bonchev–Trinajstić information content (AvgIpc) is 2.90. The van der Waals surface area contributed by atoms with E-state index in [1.807, 2.05) is 0 Å². The van der Waals surface area contributed by atoms with Crippen molar-refractivity contribution in [1.29, 1.82) is 0 Å². The number of nitrogens with zero attached hydrogens (tertiary/aromatic N) is 1. The third-order valence-corrected chi connectivity index (χ3v) is 9.51. The van der Waals surface area contributed by atoms with Crippen LogP contribution in [0.5, 0.6) is 5.75 Å². The molecule has 0 radical (unpaired) electrons. The fourth-order valence-electron chi connectivity index (χ4n) is 3.97. The van der Waals surface area contributed by atoms with Gasteiger partial charge >= 0.3 is 0 Å². The van der Waals surface area contributed by atoms with Crippen LogP contribution in [0, 0.1) is 5.92 Å². The van der Waals surface area contributed by atoms with Gasteiger partial charge in [0.25, 0.3) is 10.0 Å². The van der Waals surface area contributed by atoms with E-state index in [1.54, 1.807) is 36.4 Å². The lowest BCUT2D eigenvalue weighted by Gasteiger charge is -2.31. The van der Waals surface area contributed by atoms with Crippen LogP contribution in [0.3, 0.4) is 0 Å². The molecular formula is C25H26ClN3O6S2. The van der Waals surface area contributed by atoms with Crippen LogP contribution in [0.15, 0.2) is 82.6 Å². The van der Waals surface area contributed by atoms with Gasteiger partial charge in [-0.2, -0.15) is 4.31 Å².